The first-order valence-electron chi connectivity index (χ1n) is 6.09. The maximum atomic E-state index is 13.5. The third-order valence-electron chi connectivity index (χ3n) is 2.62. The molecule has 0 saturated carbocycles. The van der Waals surface area contributed by atoms with Gasteiger partial charge in [-0.3, -0.25) is 0 Å². The second kappa shape index (κ2) is 7.06. The van der Waals surface area contributed by atoms with Crippen LogP contribution in [0.4, 0.5) is 15.8 Å². The van der Waals surface area contributed by atoms with Crippen LogP contribution in [0.15, 0.2) is 12.1 Å². The molecule has 1 rings (SSSR count). The maximum absolute atomic E-state index is 13.5. The van der Waals surface area contributed by atoms with Crippen LogP contribution in [0.25, 0.3) is 0 Å². The van der Waals surface area contributed by atoms with Gasteiger partial charge in [-0.1, -0.05) is 6.92 Å². The number of methoxy groups -OCH3 is 1. The second-order valence-corrected chi connectivity index (χ2v) is 4.01. The molecule has 0 heterocycles. The van der Waals surface area contributed by atoms with Gasteiger partial charge in [-0.25, -0.2) is 4.39 Å². The Hall–Kier alpha value is -1.49. The van der Waals surface area contributed by atoms with E-state index in [-0.39, 0.29) is 11.8 Å². The molecule has 102 valence electrons. The summed E-state index contributed by atoms with van der Waals surface area (Å²) in [5, 5.41) is 3.23. The summed E-state index contributed by atoms with van der Waals surface area (Å²) in [6.45, 7) is 4.83. The highest BCUT2D eigenvalue weighted by molar-refractivity contribution is 5.69. The highest BCUT2D eigenvalue weighted by Gasteiger charge is 2.12. The first kappa shape index (κ1) is 14.6. The van der Waals surface area contributed by atoms with Gasteiger partial charge >= 0.3 is 0 Å². The maximum Gasteiger partial charge on any atom is 0.167 e. The number of nitrogens with one attached hydrogen (secondary N) is 1. The van der Waals surface area contributed by atoms with Gasteiger partial charge in [0, 0.05) is 25.3 Å². The van der Waals surface area contributed by atoms with E-state index in [1.54, 1.807) is 13.2 Å². The van der Waals surface area contributed by atoms with E-state index in [0.717, 1.165) is 6.42 Å². The second-order valence-electron chi connectivity index (χ2n) is 4.01. The lowest BCUT2D eigenvalue weighted by Gasteiger charge is -2.19. The van der Waals surface area contributed by atoms with E-state index in [4.69, 9.17) is 15.2 Å². The standard InChI is InChI=1S/C13H21FN2O2/c1-4-9(8-17-3)16-12-7-13(18-5-2)10(14)6-11(12)15/h6-7,9,16H,4-5,8,15H2,1-3H3. The number of halogens is 1. The van der Waals surface area contributed by atoms with Crippen molar-refractivity contribution in [1.82, 2.24) is 0 Å². The van der Waals surface area contributed by atoms with E-state index in [9.17, 15) is 4.39 Å². The van der Waals surface area contributed by atoms with E-state index in [1.165, 1.54) is 6.07 Å². The number of benzene rings is 1. The van der Waals surface area contributed by atoms with Gasteiger partial charge in [0.2, 0.25) is 0 Å². The van der Waals surface area contributed by atoms with E-state index in [1.807, 2.05) is 13.8 Å². The highest BCUT2D eigenvalue weighted by atomic mass is 19.1. The van der Waals surface area contributed by atoms with Crippen LogP contribution in [0.3, 0.4) is 0 Å². The summed E-state index contributed by atoms with van der Waals surface area (Å²) < 4.78 is 23.8. The molecule has 0 saturated heterocycles. The van der Waals surface area contributed by atoms with Crippen molar-refractivity contribution in [3.63, 3.8) is 0 Å². The Balaban J connectivity index is 2.89. The minimum Gasteiger partial charge on any atom is -0.491 e. The van der Waals surface area contributed by atoms with Crippen LogP contribution in [0.2, 0.25) is 0 Å². The lowest BCUT2D eigenvalue weighted by atomic mass is 10.2. The molecule has 1 aromatic rings. The van der Waals surface area contributed by atoms with Crippen molar-refractivity contribution in [3.8, 4) is 5.75 Å². The zero-order valence-electron chi connectivity index (χ0n) is 11.1. The van der Waals surface area contributed by atoms with Gasteiger partial charge in [0.05, 0.1) is 24.6 Å². The van der Waals surface area contributed by atoms with Gasteiger partial charge in [-0.05, 0) is 13.3 Å². The summed E-state index contributed by atoms with van der Waals surface area (Å²) in [5.41, 5.74) is 6.82. The van der Waals surface area contributed by atoms with Crippen LogP contribution in [-0.4, -0.2) is 26.4 Å². The Morgan fingerprint density at radius 1 is 1.39 bits per heavy atom. The van der Waals surface area contributed by atoms with Gasteiger partial charge < -0.3 is 20.5 Å². The predicted octanol–water partition coefficient (Wildman–Crippen LogP) is 2.64. The predicted molar refractivity (Wildman–Crippen MR) is 71.6 cm³/mol. The number of ether oxygens (including phenoxy) is 2. The first-order valence-corrected chi connectivity index (χ1v) is 6.09. The van der Waals surface area contributed by atoms with Crippen LogP contribution < -0.4 is 15.8 Å². The molecule has 0 aliphatic carbocycles. The first-order chi connectivity index (χ1) is 8.62. The Labute approximate surface area is 107 Å². The fourth-order valence-corrected chi connectivity index (χ4v) is 1.64. The summed E-state index contributed by atoms with van der Waals surface area (Å²) in [6, 6.07) is 3.00. The molecule has 1 atom stereocenters. The molecule has 0 radical (unpaired) electrons. The van der Waals surface area contributed by atoms with Crippen LogP contribution in [0.1, 0.15) is 20.3 Å². The molecule has 0 amide bonds. The molecule has 0 aliphatic rings. The Bertz CT molecular complexity index is 385. The number of hydrogen-bond donors (Lipinski definition) is 2. The molecule has 18 heavy (non-hydrogen) atoms. The minimum atomic E-state index is -0.445. The Morgan fingerprint density at radius 3 is 2.67 bits per heavy atom. The summed E-state index contributed by atoms with van der Waals surface area (Å²) in [4.78, 5) is 0. The molecular weight excluding hydrogens is 235 g/mol. The zero-order valence-corrected chi connectivity index (χ0v) is 11.1. The van der Waals surface area contributed by atoms with Crippen LogP contribution in [0, 0.1) is 5.82 Å². The van der Waals surface area contributed by atoms with Gasteiger partial charge in [0.1, 0.15) is 0 Å². The minimum absolute atomic E-state index is 0.136. The normalized spacial score (nSPS) is 12.2. The molecule has 3 N–H and O–H groups in total. The van der Waals surface area contributed by atoms with Crippen molar-refractivity contribution in [2.24, 2.45) is 0 Å². The van der Waals surface area contributed by atoms with Crippen LogP contribution in [-0.2, 0) is 4.74 Å². The largest absolute Gasteiger partial charge is 0.491 e. The number of anilines is 2. The quantitative estimate of drug-likeness (QED) is 0.736. The molecular formula is C13H21FN2O2. The number of rotatable bonds is 7. The van der Waals surface area contributed by atoms with Gasteiger partial charge in [-0.15, -0.1) is 0 Å². The smallest absolute Gasteiger partial charge is 0.167 e. The van der Waals surface area contributed by atoms with E-state index >= 15 is 0 Å². The molecule has 0 spiro atoms. The van der Waals surface area contributed by atoms with Crippen LogP contribution >= 0.6 is 0 Å². The molecule has 0 fully saturated rings. The molecule has 0 aliphatic heterocycles. The molecule has 5 heteroatoms. The van der Waals surface area contributed by atoms with Crippen molar-refractivity contribution in [1.29, 1.82) is 0 Å². The lowest BCUT2D eigenvalue weighted by Crippen LogP contribution is -2.24. The Kier molecular flexibility index (Phi) is 5.71. The molecule has 0 aromatic heterocycles. The zero-order chi connectivity index (χ0) is 13.5. The van der Waals surface area contributed by atoms with Gasteiger partial charge in [0.15, 0.2) is 11.6 Å². The van der Waals surface area contributed by atoms with Gasteiger partial charge in [0.25, 0.3) is 0 Å². The molecule has 4 nitrogen and oxygen atoms in total. The number of nitrogen functional groups attached to an aromatic ring is 1. The van der Waals surface area contributed by atoms with E-state index < -0.39 is 5.82 Å². The summed E-state index contributed by atoms with van der Waals surface area (Å²) >= 11 is 0. The summed E-state index contributed by atoms with van der Waals surface area (Å²) in [5.74, 6) is -0.235. The van der Waals surface area contributed by atoms with E-state index in [2.05, 4.69) is 5.32 Å². The van der Waals surface area contributed by atoms with Crippen LogP contribution in [0.5, 0.6) is 5.75 Å². The van der Waals surface area contributed by atoms with Crippen molar-refractivity contribution in [3.05, 3.63) is 17.9 Å². The lowest BCUT2D eigenvalue weighted by molar-refractivity contribution is 0.184. The molecule has 0 bridgehead atoms. The van der Waals surface area contributed by atoms with Gasteiger partial charge in [-0.2, -0.15) is 0 Å². The topological polar surface area (TPSA) is 56.5 Å². The fourth-order valence-electron chi connectivity index (χ4n) is 1.64. The fraction of sp³-hybridized carbons (Fsp3) is 0.538. The number of hydrogen-bond acceptors (Lipinski definition) is 4. The monoisotopic (exact) mass is 256 g/mol. The third kappa shape index (κ3) is 3.77. The van der Waals surface area contributed by atoms with Crippen molar-refractivity contribution in [2.45, 2.75) is 26.3 Å². The highest BCUT2D eigenvalue weighted by Crippen LogP contribution is 2.29. The van der Waals surface area contributed by atoms with Crippen molar-refractivity contribution >= 4 is 11.4 Å². The van der Waals surface area contributed by atoms with Crippen molar-refractivity contribution < 1.29 is 13.9 Å². The third-order valence-corrected chi connectivity index (χ3v) is 2.62. The van der Waals surface area contributed by atoms with E-state index in [0.29, 0.717) is 24.6 Å². The average Bonchev–Trinajstić information content (AvgIpc) is 2.34. The Morgan fingerprint density at radius 2 is 2.11 bits per heavy atom. The average molecular weight is 256 g/mol. The SMILES string of the molecule is CCOc1cc(NC(CC)COC)c(N)cc1F. The number of nitrogens with two attached hydrogens (primary N) is 1. The molecule has 1 aromatic carbocycles. The van der Waals surface area contributed by atoms with Crippen molar-refractivity contribution in [2.75, 3.05) is 31.4 Å². The molecule has 1 unspecified atom stereocenters. The summed E-state index contributed by atoms with van der Waals surface area (Å²) in [7, 11) is 1.64. The summed E-state index contributed by atoms with van der Waals surface area (Å²) in [6.07, 6.45) is 0.884.